The maximum absolute atomic E-state index is 10.5. The van der Waals surface area contributed by atoms with Gasteiger partial charge in [-0.1, -0.05) is 57.7 Å². The minimum absolute atomic E-state index is 0.123. The van der Waals surface area contributed by atoms with E-state index in [1.807, 2.05) is 32.9 Å². The molecule has 9 nitrogen and oxygen atoms in total. The lowest BCUT2D eigenvalue weighted by Gasteiger charge is -2.17. The summed E-state index contributed by atoms with van der Waals surface area (Å²) in [5.74, 6) is 0.611. The zero-order valence-corrected chi connectivity index (χ0v) is 23.4. The first-order valence-corrected chi connectivity index (χ1v) is 12.8. The Morgan fingerprint density at radius 2 is 1.86 bits per heavy atom. The van der Waals surface area contributed by atoms with E-state index in [0.29, 0.717) is 37.4 Å². The Labute approximate surface area is 219 Å². The van der Waals surface area contributed by atoms with E-state index in [1.165, 1.54) is 38.9 Å². The van der Waals surface area contributed by atoms with Crippen molar-refractivity contribution >= 4 is 23.7 Å². The first kappa shape index (κ1) is 35.3. The fourth-order valence-electron chi connectivity index (χ4n) is 2.90. The monoisotopic (exact) mass is 506 g/mol. The molecule has 0 unspecified atom stereocenters. The number of nitrogens with two attached hydrogens (primary N) is 1. The number of hydrogen-bond donors (Lipinski definition) is 3. The Kier molecular flexibility index (Phi) is 24.7. The smallest absolute Gasteiger partial charge is 0.320 e. The summed E-state index contributed by atoms with van der Waals surface area (Å²) in [7, 11) is 3.54. The van der Waals surface area contributed by atoms with Crippen molar-refractivity contribution in [3.8, 4) is 6.01 Å². The number of nitrogens with zero attached hydrogens (tertiary/aromatic N) is 4. The Bertz CT molecular complexity index is 732. The minimum atomic E-state index is 0.123. The quantitative estimate of drug-likeness (QED) is 0.162. The molecule has 1 aliphatic heterocycles. The van der Waals surface area contributed by atoms with Crippen LogP contribution in [0.3, 0.4) is 0 Å². The van der Waals surface area contributed by atoms with Crippen LogP contribution >= 0.6 is 0 Å². The first-order valence-electron chi connectivity index (χ1n) is 12.8. The maximum Gasteiger partial charge on any atom is 0.320 e. The third kappa shape index (κ3) is 17.5. The van der Waals surface area contributed by atoms with Gasteiger partial charge in [0, 0.05) is 27.2 Å². The van der Waals surface area contributed by atoms with Crippen LogP contribution in [0.2, 0.25) is 0 Å². The largest absolute Gasteiger partial charge is 0.463 e. The maximum atomic E-state index is 10.5. The van der Waals surface area contributed by atoms with Gasteiger partial charge in [-0.3, -0.25) is 9.69 Å². The van der Waals surface area contributed by atoms with Gasteiger partial charge in [-0.15, -0.1) is 0 Å². The highest BCUT2D eigenvalue weighted by Crippen LogP contribution is 2.28. The van der Waals surface area contributed by atoms with Crippen molar-refractivity contribution in [2.24, 2.45) is 0 Å². The number of aromatic nitrogens is 2. The number of carbonyl (C=O) groups excluding carboxylic acids is 1. The summed E-state index contributed by atoms with van der Waals surface area (Å²) >= 11 is 0. The van der Waals surface area contributed by atoms with E-state index in [4.69, 9.17) is 15.6 Å². The zero-order chi connectivity index (χ0) is 27.6. The standard InChI is InChI=1S/C11H19N5O3.C9H17N.C5H8.C2H6/c1-16(2)10-8(13-7-18)9(12)14-11(15-10)19-6-4-3-5-17;1-2-3-4-7-10-8-5-6-9-10;1-3-5-4-2;1-2/h7,17H,3-6H2,1-2H3,(H,13,18)(H2,12,14,15);3-4H,2,5-9H2,1H3;3-5H,1H2,2H3;1-2H3/b;4-3+;5-4-;. The number of allylic oxidation sites excluding steroid dienone is 4. The molecule has 0 saturated carbocycles. The lowest BCUT2D eigenvalue weighted by molar-refractivity contribution is -0.105. The summed E-state index contributed by atoms with van der Waals surface area (Å²) in [5.41, 5.74) is 6.11. The molecule has 1 amide bonds. The highest BCUT2D eigenvalue weighted by molar-refractivity contribution is 5.86. The highest BCUT2D eigenvalue weighted by atomic mass is 16.5. The van der Waals surface area contributed by atoms with Crippen molar-refractivity contribution in [1.29, 1.82) is 0 Å². The van der Waals surface area contributed by atoms with Crippen LogP contribution in [0.1, 0.15) is 59.8 Å². The molecule has 1 aromatic heterocycles. The number of ether oxygens (including phenoxy) is 1. The second-order valence-corrected chi connectivity index (χ2v) is 7.67. The van der Waals surface area contributed by atoms with Crippen molar-refractivity contribution in [3.63, 3.8) is 0 Å². The molecular weight excluding hydrogens is 456 g/mol. The number of aliphatic hydroxyl groups excluding tert-OH is 1. The molecule has 0 aromatic carbocycles. The second-order valence-electron chi connectivity index (χ2n) is 7.67. The number of likely N-dealkylation sites (tertiary alicyclic amines) is 1. The van der Waals surface area contributed by atoms with Crippen LogP contribution in [0.4, 0.5) is 17.3 Å². The molecule has 9 heteroatoms. The molecule has 0 bridgehead atoms. The van der Waals surface area contributed by atoms with E-state index < -0.39 is 0 Å². The number of amides is 1. The minimum Gasteiger partial charge on any atom is -0.463 e. The van der Waals surface area contributed by atoms with Gasteiger partial charge in [-0.05, 0) is 52.1 Å². The molecule has 36 heavy (non-hydrogen) atoms. The fourth-order valence-corrected chi connectivity index (χ4v) is 2.90. The second kappa shape index (κ2) is 25.2. The fraction of sp³-hybridized carbons (Fsp3) is 0.593. The molecule has 1 saturated heterocycles. The Balaban J connectivity index is 0. The third-order valence-corrected chi connectivity index (χ3v) is 4.60. The van der Waals surface area contributed by atoms with Crippen LogP contribution in [-0.2, 0) is 4.79 Å². The van der Waals surface area contributed by atoms with Crippen LogP contribution in [0, 0.1) is 0 Å². The average molecular weight is 507 g/mol. The number of aliphatic hydroxyl groups is 1. The summed E-state index contributed by atoms with van der Waals surface area (Å²) in [6.45, 7) is 15.9. The van der Waals surface area contributed by atoms with E-state index in [-0.39, 0.29) is 18.4 Å². The third-order valence-electron chi connectivity index (χ3n) is 4.60. The van der Waals surface area contributed by atoms with E-state index in [2.05, 4.69) is 45.8 Å². The molecule has 0 aliphatic carbocycles. The molecular formula is C27H50N6O3. The molecule has 1 fully saturated rings. The topological polar surface area (TPSA) is 117 Å². The Morgan fingerprint density at radius 1 is 1.19 bits per heavy atom. The number of unbranched alkanes of at least 4 members (excludes halogenated alkanes) is 1. The molecule has 2 rings (SSSR count). The number of carbonyl (C=O) groups is 1. The molecule has 1 aliphatic rings. The average Bonchev–Trinajstić information content (AvgIpc) is 3.39. The number of hydrogen-bond acceptors (Lipinski definition) is 8. The van der Waals surface area contributed by atoms with Crippen LogP contribution in [0.25, 0.3) is 0 Å². The molecule has 1 aromatic rings. The van der Waals surface area contributed by atoms with Crippen LogP contribution < -0.4 is 20.7 Å². The molecule has 0 spiro atoms. The molecule has 2 heterocycles. The number of anilines is 3. The summed E-state index contributed by atoms with van der Waals surface area (Å²) in [6.07, 6.45) is 16.0. The van der Waals surface area contributed by atoms with Crippen molar-refractivity contribution in [1.82, 2.24) is 14.9 Å². The van der Waals surface area contributed by atoms with Crippen molar-refractivity contribution in [2.75, 3.05) is 62.9 Å². The predicted octanol–water partition coefficient (Wildman–Crippen LogP) is 4.67. The first-order chi connectivity index (χ1) is 17.4. The van der Waals surface area contributed by atoms with Gasteiger partial charge in [0.2, 0.25) is 6.41 Å². The van der Waals surface area contributed by atoms with Gasteiger partial charge in [0.05, 0.1) is 6.61 Å². The van der Waals surface area contributed by atoms with Gasteiger partial charge < -0.3 is 25.8 Å². The lowest BCUT2D eigenvalue weighted by Crippen LogP contribution is -2.18. The molecule has 4 N–H and O–H groups in total. The number of nitrogens with one attached hydrogen (secondary N) is 1. The predicted molar refractivity (Wildman–Crippen MR) is 154 cm³/mol. The van der Waals surface area contributed by atoms with Crippen LogP contribution in [-0.4, -0.2) is 73.3 Å². The number of rotatable bonds is 12. The van der Waals surface area contributed by atoms with Gasteiger partial charge in [0.1, 0.15) is 5.69 Å². The van der Waals surface area contributed by atoms with Crippen LogP contribution in [0.5, 0.6) is 6.01 Å². The van der Waals surface area contributed by atoms with Crippen molar-refractivity contribution < 1.29 is 14.6 Å². The van der Waals surface area contributed by atoms with E-state index in [0.717, 1.165) is 0 Å². The van der Waals surface area contributed by atoms with Gasteiger partial charge >= 0.3 is 6.01 Å². The molecule has 0 radical (unpaired) electrons. The van der Waals surface area contributed by atoms with E-state index in [1.54, 1.807) is 25.1 Å². The number of nitrogen functional groups attached to an aromatic ring is 1. The van der Waals surface area contributed by atoms with E-state index >= 15 is 0 Å². The van der Waals surface area contributed by atoms with Gasteiger partial charge in [-0.25, -0.2) is 0 Å². The summed E-state index contributed by atoms with van der Waals surface area (Å²) in [5, 5.41) is 11.1. The van der Waals surface area contributed by atoms with Crippen molar-refractivity contribution in [2.45, 2.75) is 59.8 Å². The van der Waals surface area contributed by atoms with Gasteiger partial charge in [-0.2, -0.15) is 9.97 Å². The SMILES string of the molecule is C=C/C=C\C.CC.CC/C=C/CN1CCCC1.CN(C)c1nc(OCCCCO)nc(N)c1NC=O. The van der Waals surface area contributed by atoms with Crippen molar-refractivity contribution in [3.05, 3.63) is 37.0 Å². The summed E-state index contributed by atoms with van der Waals surface area (Å²) in [6, 6.07) is 0.149. The van der Waals surface area contributed by atoms with E-state index in [9.17, 15) is 4.79 Å². The molecule has 0 atom stereocenters. The highest BCUT2D eigenvalue weighted by Gasteiger charge is 2.14. The normalized spacial score (nSPS) is 12.5. The molecule has 206 valence electrons. The van der Waals surface area contributed by atoms with Crippen LogP contribution in [0.15, 0.2) is 37.0 Å². The Hall–Kier alpha value is -2.91. The lowest BCUT2D eigenvalue weighted by atomic mass is 10.3. The summed E-state index contributed by atoms with van der Waals surface area (Å²) < 4.78 is 5.36. The van der Waals surface area contributed by atoms with Gasteiger partial charge in [0.25, 0.3) is 0 Å². The zero-order valence-electron chi connectivity index (χ0n) is 23.4. The van der Waals surface area contributed by atoms with Gasteiger partial charge in [0.15, 0.2) is 11.6 Å². The summed E-state index contributed by atoms with van der Waals surface area (Å²) in [4.78, 5) is 22.9. The Morgan fingerprint density at radius 3 is 2.33 bits per heavy atom.